The summed E-state index contributed by atoms with van der Waals surface area (Å²) in [6, 6.07) is 7.03. The lowest BCUT2D eigenvalue weighted by atomic mass is 10.1. The van der Waals surface area contributed by atoms with Crippen molar-refractivity contribution in [2.24, 2.45) is 0 Å². The molecule has 1 aliphatic rings. The molecule has 0 aromatic heterocycles. The molecule has 0 bridgehead atoms. The summed E-state index contributed by atoms with van der Waals surface area (Å²) in [5.74, 6) is -0.973. The standard InChI is InChI=1S/C13H16N2O3/c16-12(17)9-14-11-6-2-1-5-10(11)13(18)15-7-3-4-8-15/h1-2,5-6,14H,3-4,7-9H2,(H,16,17). The third-order valence-corrected chi connectivity index (χ3v) is 2.98. The molecule has 1 heterocycles. The number of nitrogens with one attached hydrogen (secondary N) is 1. The molecule has 1 saturated heterocycles. The molecule has 96 valence electrons. The third kappa shape index (κ3) is 2.80. The van der Waals surface area contributed by atoms with E-state index >= 15 is 0 Å². The molecule has 0 radical (unpaired) electrons. The number of nitrogens with zero attached hydrogens (tertiary/aromatic N) is 1. The van der Waals surface area contributed by atoms with Crippen molar-refractivity contribution >= 4 is 17.6 Å². The van der Waals surface area contributed by atoms with Gasteiger partial charge in [-0.3, -0.25) is 9.59 Å². The first-order valence-electron chi connectivity index (χ1n) is 6.02. The maximum atomic E-state index is 12.3. The number of rotatable bonds is 4. The van der Waals surface area contributed by atoms with Gasteiger partial charge >= 0.3 is 5.97 Å². The minimum absolute atomic E-state index is 0.0269. The number of likely N-dealkylation sites (tertiary alicyclic amines) is 1. The number of hydrogen-bond donors (Lipinski definition) is 2. The average Bonchev–Trinajstić information content (AvgIpc) is 2.89. The molecule has 0 saturated carbocycles. The second kappa shape index (κ2) is 5.53. The van der Waals surface area contributed by atoms with Crippen molar-refractivity contribution in [3.05, 3.63) is 29.8 Å². The smallest absolute Gasteiger partial charge is 0.322 e. The van der Waals surface area contributed by atoms with E-state index in [-0.39, 0.29) is 12.5 Å². The van der Waals surface area contributed by atoms with Gasteiger partial charge in [0, 0.05) is 18.8 Å². The van der Waals surface area contributed by atoms with Crippen LogP contribution < -0.4 is 5.32 Å². The van der Waals surface area contributed by atoms with Crippen molar-refractivity contribution in [3.8, 4) is 0 Å². The van der Waals surface area contributed by atoms with Gasteiger partial charge in [-0.15, -0.1) is 0 Å². The van der Waals surface area contributed by atoms with Crippen LogP contribution in [-0.2, 0) is 4.79 Å². The minimum Gasteiger partial charge on any atom is -0.480 e. The highest BCUT2D eigenvalue weighted by atomic mass is 16.4. The van der Waals surface area contributed by atoms with E-state index < -0.39 is 5.97 Å². The summed E-state index contributed by atoms with van der Waals surface area (Å²) in [4.78, 5) is 24.6. The van der Waals surface area contributed by atoms with Crippen LogP contribution in [0.3, 0.4) is 0 Å². The molecule has 2 N–H and O–H groups in total. The molecule has 0 aliphatic carbocycles. The highest BCUT2D eigenvalue weighted by Crippen LogP contribution is 2.19. The highest BCUT2D eigenvalue weighted by molar-refractivity contribution is 6.00. The van der Waals surface area contributed by atoms with Crippen LogP contribution in [0.4, 0.5) is 5.69 Å². The Kier molecular flexibility index (Phi) is 3.82. The number of hydrogen-bond acceptors (Lipinski definition) is 3. The fourth-order valence-corrected chi connectivity index (χ4v) is 2.09. The normalized spacial score (nSPS) is 14.6. The van der Waals surface area contributed by atoms with Gasteiger partial charge in [-0.05, 0) is 25.0 Å². The van der Waals surface area contributed by atoms with Gasteiger partial charge in [0.1, 0.15) is 6.54 Å². The fourth-order valence-electron chi connectivity index (χ4n) is 2.09. The third-order valence-electron chi connectivity index (χ3n) is 2.98. The summed E-state index contributed by atoms with van der Waals surface area (Å²) in [6.07, 6.45) is 2.08. The molecule has 1 aliphatic heterocycles. The Balaban J connectivity index is 2.15. The molecule has 2 rings (SSSR count). The van der Waals surface area contributed by atoms with Crippen molar-refractivity contribution in [1.29, 1.82) is 0 Å². The van der Waals surface area contributed by atoms with Crippen molar-refractivity contribution in [1.82, 2.24) is 4.90 Å². The number of anilines is 1. The molecule has 0 spiro atoms. The Bertz CT molecular complexity index is 453. The second-order valence-corrected chi connectivity index (χ2v) is 4.29. The largest absolute Gasteiger partial charge is 0.480 e. The topological polar surface area (TPSA) is 69.6 Å². The Morgan fingerprint density at radius 2 is 1.89 bits per heavy atom. The first kappa shape index (κ1) is 12.4. The van der Waals surface area contributed by atoms with Gasteiger partial charge in [-0.2, -0.15) is 0 Å². The van der Waals surface area contributed by atoms with E-state index in [1.807, 2.05) is 0 Å². The Hall–Kier alpha value is -2.04. The summed E-state index contributed by atoms with van der Waals surface area (Å²) in [6.45, 7) is 1.38. The molecule has 1 amide bonds. The second-order valence-electron chi connectivity index (χ2n) is 4.29. The quantitative estimate of drug-likeness (QED) is 0.845. The summed E-state index contributed by atoms with van der Waals surface area (Å²) in [7, 11) is 0. The van der Waals surface area contributed by atoms with Crippen LogP contribution in [0.1, 0.15) is 23.2 Å². The van der Waals surface area contributed by atoms with E-state index in [0.29, 0.717) is 11.3 Å². The lowest BCUT2D eigenvalue weighted by Crippen LogP contribution is -2.28. The zero-order valence-electron chi connectivity index (χ0n) is 10.1. The van der Waals surface area contributed by atoms with E-state index in [2.05, 4.69) is 5.32 Å². The fraction of sp³-hybridized carbons (Fsp3) is 0.385. The number of benzene rings is 1. The molecule has 1 fully saturated rings. The lowest BCUT2D eigenvalue weighted by Gasteiger charge is -2.17. The van der Waals surface area contributed by atoms with E-state index in [0.717, 1.165) is 25.9 Å². The predicted molar refractivity (Wildman–Crippen MR) is 67.7 cm³/mol. The maximum Gasteiger partial charge on any atom is 0.322 e. The van der Waals surface area contributed by atoms with Crippen molar-refractivity contribution < 1.29 is 14.7 Å². The van der Waals surface area contributed by atoms with Crippen LogP contribution in [0.25, 0.3) is 0 Å². The van der Waals surface area contributed by atoms with Gasteiger partial charge in [0.15, 0.2) is 0 Å². The van der Waals surface area contributed by atoms with Crippen LogP contribution in [0.5, 0.6) is 0 Å². The maximum absolute atomic E-state index is 12.3. The first-order chi connectivity index (χ1) is 8.68. The molecule has 1 aromatic carbocycles. The van der Waals surface area contributed by atoms with Gasteiger partial charge in [-0.1, -0.05) is 12.1 Å². The molecule has 1 aromatic rings. The van der Waals surface area contributed by atoms with Crippen LogP contribution in [-0.4, -0.2) is 41.5 Å². The van der Waals surface area contributed by atoms with Gasteiger partial charge < -0.3 is 15.3 Å². The highest BCUT2D eigenvalue weighted by Gasteiger charge is 2.21. The summed E-state index contributed by atoms with van der Waals surface area (Å²) in [5.41, 5.74) is 1.12. The van der Waals surface area contributed by atoms with E-state index in [9.17, 15) is 9.59 Å². The molecular weight excluding hydrogens is 232 g/mol. The lowest BCUT2D eigenvalue weighted by molar-refractivity contribution is -0.134. The van der Waals surface area contributed by atoms with E-state index in [1.54, 1.807) is 29.2 Å². The number of aliphatic carboxylic acids is 1. The van der Waals surface area contributed by atoms with Crippen LogP contribution >= 0.6 is 0 Å². The van der Waals surface area contributed by atoms with Crippen molar-refractivity contribution in [2.45, 2.75) is 12.8 Å². The predicted octanol–water partition coefficient (Wildman–Crippen LogP) is 1.42. The summed E-state index contributed by atoms with van der Waals surface area (Å²) < 4.78 is 0. The average molecular weight is 248 g/mol. The van der Waals surface area contributed by atoms with Crippen LogP contribution in [0.15, 0.2) is 24.3 Å². The molecule has 0 atom stereocenters. The number of carbonyl (C=O) groups is 2. The van der Waals surface area contributed by atoms with Gasteiger partial charge in [0.05, 0.1) is 5.56 Å². The van der Waals surface area contributed by atoms with Gasteiger partial charge in [0.2, 0.25) is 0 Å². The SMILES string of the molecule is O=C(O)CNc1ccccc1C(=O)N1CCCC1. The number of carboxylic acid groups (broad SMARTS) is 1. The monoisotopic (exact) mass is 248 g/mol. The number of amides is 1. The Labute approximate surface area is 105 Å². The molecule has 5 heteroatoms. The van der Waals surface area contributed by atoms with Gasteiger partial charge in [-0.25, -0.2) is 0 Å². The minimum atomic E-state index is -0.946. The molecule has 18 heavy (non-hydrogen) atoms. The van der Waals surface area contributed by atoms with E-state index in [4.69, 9.17) is 5.11 Å². The Morgan fingerprint density at radius 1 is 1.22 bits per heavy atom. The molecular formula is C13H16N2O3. The Morgan fingerprint density at radius 3 is 2.56 bits per heavy atom. The first-order valence-corrected chi connectivity index (χ1v) is 6.02. The molecule has 5 nitrogen and oxygen atoms in total. The van der Waals surface area contributed by atoms with Crippen LogP contribution in [0.2, 0.25) is 0 Å². The summed E-state index contributed by atoms with van der Waals surface area (Å²) >= 11 is 0. The van der Waals surface area contributed by atoms with Crippen molar-refractivity contribution in [3.63, 3.8) is 0 Å². The number of carboxylic acids is 1. The van der Waals surface area contributed by atoms with E-state index in [1.165, 1.54) is 0 Å². The zero-order valence-corrected chi connectivity index (χ0v) is 10.1. The zero-order chi connectivity index (χ0) is 13.0. The number of carbonyl (C=O) groups excluding carboxylic acids is 1. The number of para-hydroxylation sites is 1. The van der Waals surface area contributed by atoms with Crippen molar-refractivity contribution in [2.75, 3.05) is 25.0 Å². The summed E-state index contributed by atoms with van der Waals surface area (Å²) in [5, 5.41) is 11.4. The molecule has 0 unspecified atom stereocenters. The van der Waals surface area contributed by atoms with Gasteiger partial charge in [0.25, 0.3) is 5.91 Å². The van der Waals surface area contributed by atoms with Crippen LogP contribution in [0, 0.1) is 0 Å².